The lowest BCUT2D eigenvalue weighted by atomic mass is 10.3. The van der Waals surface area contributed by atoms with Gasteiger partial charge in [0.05, 0.1) is 11.4 Å². The van der Waals surface area contributed by atoms with Gasteiger partial charge in [-0.1, -0.05) is 19.9 Å². The Kier molecular flexibility index (Phi) is 5.48. The van der Waals surface area contributed by atoms with Crippen LogP contribution >= 0.6 is 23.1 Å². The molecule has 3 aromatic heterocycles. The quantitative estimate of drug-likeness (QED) is 0.663. The van der Waals surface area contributed by atoms with Gasteiger partial charge in [0.1, 0.15) is 0 Å². The highest BCUT2D eigenvalue weighted by Crippen LogP contribution is 2.20. The topological polar surface area (TPSA) is 47.3 Å². The number of pyridine rings is 1. The van der Waals surface area contributed by atoms with Gasteiger partial charge < -0.3 is 0 Å². The highest BCUT2D eigenvalue weighted by molar-refractivity contribution is 7.98. The van der Waals surface area contributed by atoms with Gasteiger partial charge in [0.2, 0.25) is 0 Å². The van der Waals surface area contributed by atoms with Crippen molar-refractivity contribution in [2.45, 2.75) is 19.6 Å². The monoisotopic (exact) mass is 357 g/mol. The Morgan fingerprint density at radius 1 is 1.29 bits per heavy atom. The molecule has 124 valence electrons. The van der Waals surface area contributed by atoms with E-state index in [4.69, 9.17) is 0 Å². The van der Waals surface area contributed by atoms with E-state index in [0.717, 1.165) is 27.9 Å². The lowest BCUT2D eigenvalue weighted by Gasteiger charge is -2.04. The second-order valence-electron chi connectivity index (χ2n) is 5.86. The van der Waals surface area contributed by atoms with Crippen LogP contribution < -0.4 is 5.56 Å². The van der Waals surface area contributed by atoms with E-state index < -0.39 is 0 Å². The Morgan fingerprint density at radius 2 is 2.12 bits per heavy atom. The SMILES string of the molecule is CC(C)CSCc1csc2nc(/C=C/c3ccccn3)cc(=O)n12. The summed E-state index contributed by atoms with van der Waals surface area (Å²) in [6, 6.07) is 7.30. The van der Waals surface area contributed by atoms with Gasteiger partial charge in [0.15, 0.2) is 4.96 Å². The summed E-state index contributed by atoms with van der Waals surface area (Å²) in [5, 5.41) is 2.03. The molecule has 0 N–H and O–H groups in total. The molecule has 0 aliphatic carbocycles. The molecule has 3 rings (SSSR count). The number of aromatic nitrogens is 3. The minimum absolute atomic E-state index is 0.0259. The van der Waals surface area contributed by atoms with Crippen LogP contribution in [0.25, 0.3) is 17.1 Å². The van der Waals surface area contributed by atoms with Crippen molar-refractivity contribution in [3.8, 4) is 0 Å². The molecule has 3 aromatic rings. The molecule has 0 bridgehead atoms. The Balaban J connectivity index is 1.84. The molecule has 6 heteroatoms. The van der Waals surface area contributed by atoms with E-state index in [2.05, 4.69) is 23.8 Å². The van der Waals surface area contributed by atoms with Crippen LogP contribution in [0.4, 0.5) is 0 Å². The third kappa shape index (κ3) is 4.13. The smallest absolute Gasteiger partial charge is 0.259 e. The van der Waals surface area contributed by atoms with E-state index in [1.165, 1.54) is 11.3 Å². The minimum Gasteiger partial charge on any atom is -0.269 e. The fraction of sp³-hybridized carbons (Fsp3) is 0.278. The van der Waals surface area contributed by atoms with Crippen LogP contribution in [-0.2, 0) is 5.75 Å². The van der Waals surface area contributed by atoms with Crippen molar-refractivity contribution in [1.29, 1.82) is 0 Å². The fourth-order valence-corrected chi connectivity index (χ4v) is 4.24. The zero-order chi connectivity index (χ0) is 16.9. The molecule has 3 heterocycles. The number of fused-ring (bicyclic) bond motifs is 1. The zero-order valence-corrected chi connectivity index (χ0v) is 15.3. The maximum atomic E-state index is 12.5. The molecule has 0 spiro atoms. The molecule has 0 aliphatic heterocycles. The van der Waals surface area contributed by atoms with Gasteiger partial charge in [-0.05, 0) is 36.0 Å². The third-order valence-electron chi connectivity index (χ3n) is 3.31. The second-order valence-corrected chi connectivity index (χ2v) is 7.73. The highest BCUT2D eigenvalue weighted by atomic mass is 32.2. The van der Waals surface area contributed by atoms with Gasteiger partial charge in [-0.3, -0.25) is 14.2 Å². The van der Waals surface area contributed by atoms with Gasteiger partial charge in [0.25, 0.3) is 5.56 Å². The van der Waals surface area contributed by atoms with Crippen molar-refractivity contribution in [1.82, 2.24) is 14.4 Å². The summed E-state index contributed by atoms with van der Waals surface area (Å²) in [5.41, 5.74) is 2.51. The molecular weight excluding hydrogens is 338 g/mol. The van der Waals surface area contributed by atoms with Crippen molar-refractivity contribution in [2.24, 2.45) is 5.92 Å². The van der Waals surface area contributed by atoms with Crippen LogP contribution in [0.2, 0.25) is 0 Å². The van der Waals surface area contributed by atoms with Gasteiger partial charge >= 0.3 is 0 Å². The van der Waals surface area contributed by atoms with E-state index >= 15 is 0 Å². The van der Waals surface area contributed by atoms with Crippen LogP contribution in [0, 0.1) is 5.92 Å². The lowest BCUT2D eigenvalue weighted by molar-refractivity contribution is 0.750. The summed E-state index contributed by atoms with van der Waals surface area (Å²) in [5.74, 6) is 2.57. The van der Waals surface area contributed by atoms with E-state index in [9.17, 15) is 4.79 Å². The van der Waals surface area contributed by atoms with Gasteiger partial charge in [-0.25, -0.2) is 4.98 Å². The molecule has 0 saturated heterocycles. The first-order valence-corrected chi connectivity index (χ1v) is 9.84. The number of thioether (sulfide) groups is 1. The maximum absolute atomic E-state index is 12.5. The summed E-state index contributed by atoms with van der Waals surface area (Å²) >= 11 is 3.36. The van der Waals surface area contributed by atoms with Crippen LogP contribution in [0.5, 0.6) is 0 Å². The maximum Gasteiger partial charge on any atom is 0.259 e. The molecule has 0 aromatic carbocycles. The highest BCUT2D eigenvalue weighted by Gasteiger charge is 2.08. The molecule has 0 atom stereocenters. The lowest BCUT2D eigenvalue weighted by Crippen LogP contribution is -2.15. The van der Waals surface area contributed by atoms with Crippen molar-refractivity contribution in [3.05, 3.63) is 63.3 Å². The van der Waals surface area contributed by atoms with Crippen LogP contribution in [0.1, 0.15) is 30.9 Å². The molecule has 0 aliphatic rings. The van der Waals surface area contributed by atoms with Crippen molar-refractivity contribution in [2.75, 3.05) is 5.75 Å². The largest absolute Gasteiger partial charge is 0.269 e. The van der Waals surface area contributed by atoms with E-state index in [1.807, 2.05) is 47.5 Å². The summed E-state index contributed by atoms with van der Waals surface area (Å²) < 4.78 is 1.72. The third-order valence-corrected chi connectivity index (χ3v) is 5.59. The van der Waals surface area contributed by atoms with Crippen LogP contribution in [-0.4, -0.2) is 20.1 Å². The van der Waals surface area contributed by atoms with Crippen LogP contribution in [0.15, 0.2) is 40.6 Å². The molecule has 24 heavy (non-hydrogen) atoms. The predicted molar refractivity (Wildman–Crippen MR) is 104 cm³/mol. The van der Waals surface area contributed by atoms with Crippen LogP contribution in [0.3, 0.4) is 0 Å². The summed E-state index contributed by atoms with van der Waals surface area (Å²) in [7, 11) is 0. The molecular formula is C18H19N3OS2. The average Bonchev–Trinajstić information content (AvgIpc) is 2.97. The second kappa shape index (κ2) is 7.77. The first-order chi connectivity index (χ1) is 11.6. The number of hydrogen-bond acceptors (Lipinski definition) is 5. The van der Waals surface area contributed by atoms with Crippen molar-refractivity contribution in [3.63, 3.8) is 0 Å². The number of nitrogens with zero attached hydrogens (tertiary/aromatic N) is 3. The normalized spacial score (nSPS) is 11.8. The number of rotatable bonds is 6. The number of thiazole rings is 1. The van der Waals surface area contributed by atoms with E-state index in [1.54, 1.807) is 16.7 Å². The molecule has 0 fully saturated rings. The Morgan fingerprint density at radius 3 is 2.88 bits per heavy atom. The standard InChI is InChI=1S/C18H19N3OS2/c1-13(2)10-23-11-16-12-24-18-20-15(9-17(22)21(16)18)7-6-14-5-3-4-8-19-14/h3-9,12-13H,10-11H2,1-2H3/b7-6+. The van der Waals surface area contributed by atoms with Gasteiger partial charge in [-0.15, -0.1) is 11.3 Å². The van der Waals surface area contributed by atoms with E-state index in [0.29, 0.717) is 11.6 Å². The van der Waals surface area contributed by atoms with Gasteiger partial charge in [-0.2, -0.15) is 11.8 Å². The summed E-state index contributed by atoms with van der Waals surface area (Å²) in [6.07, 6.45) is 5.44. The summed E-state index contributed by atoms with van der Waals surface area (Å²) in [6.45, 7) is 4.40. The molecule has 0 radical (unpaired) electrons. The van der Waals surface area contributed by atoms with Crippen molar-refractivity contribution >= 4 is 40.2 Å². The first kappa shape index (κ1) is 16.9. The Hall–Kier alpha value is -1.92. The predicted octanol–water partition coefficient (Wildman–Crippen LogP) is 4.21. The first-order valence-electron chi connectivity index (χ1n) is 7.80. The average molecular weight is 358 g/mol. The fourth-order valence-electron chi connectivity index (χ4n) is 2.22. The Labute approximate surface area is 149 Å². The Bertz CT molecular complexity index is 898. The zero-order valence-electron chi connectivity index (χ0n) is 13.7. The number of hydrogen-bond donors (Lipinski definition) is 0. The molecule has 0 amide bonds. The summed E-state index contributed by atoms with van der Waals surface area (Å²) in [4.78, 5) is 22.0. The van der Waals surface area contributed by atoms with Crippen molar-refractivity contribution < 1.29 is 0 Å². The molecule has 0 saturated carbocycles. The molecule has 4 nitrogen and oxygen atoms in total. The minimum atomic E-state index is -0.0259. The molecule has 0 unspecified atom stereocenters. The van der Waals surface area contributed by atoms with Gasteiger partial charge in [0, 0.05) is 29.1 Å². The van der Waals surface area contributed by atoms with E-state index in [-0.39, 0.29) is 5.56 Å².